The molecule has 1 heterocycles. The van der Waals surface area contributed by atoms with Gasteiger partial charge in [-0.15, -0.1) is 0 Å². The molecule has 0 bridgehead atoms. The molecule has 2 unspecified atom stereocenters. The lowest BCUT2D eigenvalue weighted by molar-refractivity contribution is -0.870. The number of likely N-dealkylation sites (N-methyl/N-ethyl adjacent to an activating group) is 1. The van der Waals surface area contributed by atoms with Crippen LogP contribution in [0.2, 0.25) is 0 Å². The standard InChI is InChI=1S/C17H33N2O6P/c1-19(2,3)12-13-25-26(23,24)14-7-5-4-6-10-16(20)18-11-8-9-15(18)17(21)22/h15H,4-14H2,1-3H3,(H-,21,22,23,24)/p+1. The molecule has 1 aliphatic rings. The fourth-order valence-corrected chi connectivity index (χ4v) is 4.05. The van der Waals surface area contributed by atoms with Crippen LogP contribution in [0.25, 0.3) is 0 Å². The van der Waals surface area contributed by atoms with Crippen LogP contribution in [-0.2, 0) is 18.7 Å². The van der Waals surface area contributed by atoms with Gasteiger partial charge in [-0.3, -0.25) is 9.36 Å². The first kappa shape index (κ1) is 23.1. The summed E-state index contributed by atoms with van der Waals surface area (Å²) in [4.78, 5) is 34.5. The van der Waals surface area contributed by atoms with Gasteiger partial charge in [0.05, 0.1) is 21.1 Å². The van der Waals surface area contributed by atoms with Crippen molar-refractivity contribution in [1.82, 2.24) is 4.90 Å². The molecule has 2 N–H and O–H groups in total. The van der Waals surface area contributed by atoms with Crippen LogP contribution < -0.4 is 0 Å². The third-order valence-corrected chi connectivity index (χ3v) is 5.96. The highest BCUT2D eigenvalue weighted by molar-refractivity contribution is 7.52. The maximum atomic E-state index is 12.1. The molecule has 152 valence electrons. The van der Waals surface area contributed by atoms with E-state index in [9.17, 15) is 19.0 Å². The first-order valence-corrected chi connectivity index (χ1v) is 11.1. The van der Waals surface area contributed by atoms with Crippen molar-refractivity contribution in [2.75, 3.05) is 47.0 Å². The fraction of sp³-hybridized carbons (Fsp3) is 0.882. The molecule has 0 radical (unpaired) electrons. The minimum absolute atomic E-state index is 0.105. The Morgan fingerprint density at radius 1 is 1.19 bits per heavy atom. The van der Waals surface area contributed by atoms with Crippen LogP contribution in [0.4, 0.5) is 0 Å². The maximum Gasteiger partial charge on any atom is 0.328 e. The molecule has 1 fully saturated rings. The van der Waals surface area contributed by atoms with Gasteiger partial charge in [-0.05, 0) is 25.7 Å². The number of hydrogen-bond acceptors (Lipinski definition) is 4. The molecule has 9 heteroatoms. The summed E-state index contributed by atoms with van der Waals surface area (Å²) in [7, 11) is 2.45. The summed E-state index contributed by atoms with van der Waals surface area (Å²) in [5.74, 6) is -1.04. The molecule has 1 aliphatic heterocycles. The summed E-state index contributed by atoms with van der Waals surface area (Å²) in [6.07, 6.45) is 4.50. The second-order valence-electron chi connectivity index (χ2n) is 7.96. The van der Waals surface area contributed by atoms with Crippen molar-refractivity contribution in [3.8, 4) is 0 Å². The summed E-state index contributed by atoms with van der Waals surface area (Å²) in [5.41, 5.74) is 0. The molecule has 1 rings (SSSR count). The topological polar surface area (TPSA) is 104 Å². The van der Waals surface area contributed by atoms with Crippen LogP contribution in [0, 0.1) is 0 Å². The van der Waals surface area contributed by atoms with Gasteiger partial charge in [0.15, 0.2) is 0 Å². The molecule has 0 aliphatic carbocycles. The van der Waals surface area contributed by atoms with Gasteiger partial charge in [0.1, 0.15) is 19.2 Å². The third kappa shape index (κ3) is 9.12. The number of likely N-dealkylation sites (tertiary alicyclic amines) is 1. The number of carbonyl (C=O) groups excluding carboxylic acids is 1. The Kier molecular flexibility index (Phi) is 9.24. The van der Waals surface area contributed by atoms with Gasteiger partial charge >= 0.3 is 13.6 Å². The van der Waals surface area contributed by atoms with Crippen molar-refractivity contribution < 1.29 is 33.2 Å². The molecule has 8 nitrogen and oxygen atoms in total. The Morgan fingerprint density at radius 3 is 2.46 bits per heavy atom. The van der Waals surface area contributed by atoms with Crippen LogP contribution in [0.3, 0.4) is 0 Å². The predicted molar refractivity (Wildman–Crippen MR) is 99.0 cm³/mol. The van der Waals surface area contributed by atoms with Gasteiger partial charge < -0.3 is 23.9 Å². The average Bonchev–Trinajstić information content (AvgIpc) is 2.98. The Bertz CT molecular complexity index is 520. The highest BCUT2D eigenvalue weighted by atomic mass is 31.2. The van der Waals surface area contributed by atoms with Gasteiger partial charge in [-0.2, -0.15) is 0 Å². The summed E-state index contributed by atoms with van der Waals surface area (Å²) >= 11 is 0. The third-order valence-electron chi connectivity index (χ3n) is 4.49. The number of hydrogen-bond donors (Lipinski definition) is 2. The van der Waals surface area contributed by atoms with E-state index in [2.05, 4.69) is 0 Å². The molecular weight excluding hydrogens is 359 g/mol. The number of unbranched alkanes of at least 4 members (excludes halogenated alkanes) is 3. The zero-order chi connectivity index (χ0) is 19.8. The largest absolute Gasteiger partial charge is 0.480 e. The normalized spacial score (nSPS) is 20.2. The van der Waals surface area contributed by atoms with E-state index < -0.39 is 19.6 Å². The average molecular weight is 393 g/mol. The van der Waals surface area contributed by atoms with E-state index in [1.54, 1.807) is 0 Å². The first-order chi connectivity index (χ1) is 12.0. The second kappa shape index (κ2) is 10.4. The zero-order valence-electron chi connectivity index (χ0n) is 16.2. The number of carboxylic acid groups (broad SMARTS) is 1. The van der Waals surface area contributed by atoms with Gasteiger partial charge in [0.2, 0.25) is 5.91 Å². The molecule has 1 saturated heterocycles. The smallest absolute Gasteiger partial charge is 0.328 e. The number of rotatable bonds is 12. The van der Waals surface area contributed by atoms with Gasteiger partial charge in [-0.25, -0.2) is 4.79 Å². The summed E-state index contributed by atoms with van der Waals surface area (Å²) in [6.45, 7) is 1.45. The number of quaternary nitrogens is 1. The van der Waals surface area contributed by atoms with Gasteiger partial charge in [0, 0.05) is 19.1 Å². The minimum Gasteiger partial charge on any atom is -0.480 e. The van der Waals surface area contributed by atoms with Crippen molar-refractivity contribution in [3.05, 3.63) is 0 Å². The molecule has 0 spiro atoms. The molecule has 0 aromatic carbocycles. The molecular formula is C17H34N2O6P+. The quantitative estimate of drug-likeness (QED) is 0.298. The van der Waals surface area contributed by atoms with Crippen molar-refractivity contribution in [2.45, 2.75) is 51.0 Å². The highest BCUT2D eigenvalue weighted by Gasteiger charge is 2.33. The van der Waals surface area contributed by atoms with E-state index >= 15 is 0 Å². The first-order valence-electron chi connectivity index (χ1n) is 9.31. The molecule has 26 heavy (non-hydrogen) atoms. The maximum absolute atomic E-state index is 12.1. The van der Waals surface area contributed by atoms with E-state index in [0.29, 0.717) is 43.3 Å². The molecule has 1 amide bonds. The summed E-state index contributed by atoms with van der Waals surface area (Å²) in [5, 5.41) is 9.10. The zero-order valence-corrected chi connectivity index (χ0v) is 17.1. The van der Waals surface area contributed by atoms with Crippen LogP contribution in [-0.4, -0.2) is 84.3 Å². The van der Waals surface area contributed by atoms with E-state index in [-0.39, 0.29) is 18.7 Å². The predicted octanol–water partition coefficient (Wildman–Crippen LogP) is 1.92. The lowest BCUT2D eigenvalue weighted by Gasteiger charge is -2.24. The van der Waals surface area contributed by atoms with Crippen molar-refractivity contribution in [1.29, 1.82) is 0 Å². The monoisotopic (exact) mass is 393 g/mol. The second-order valence-corrected chi connectivity index (χ2v) is 9.94. The molecule has 0 aromatic heterocycles. The number of amides is 1. The number of carboxylic acids is 1. The molecule has 0 saturated carbocycles. The van der Waals surface area contributed by atoms with Crippen molar-refractivity contribution in [2.24, 2.45) is 0 Å². The fourth-order valence-electron chi connectivity index (χ4n) is 2.93. The number of nitrogens with zero attached hydrogens (tertiary/aromatic N) is 2. The Morgan fingerprint density at radius 2 is 1.85 bits per heavy atom. The van der Waals surface area contributed by atoms with Crippen LogP contribution in [0.5, 0.6) is 0 Å². The lowest BCUT2D eigenvalue weighted by atomic mass is 10.1. The number of aliphatic carboxylic acids is 1. The van der Waals surface area contributed by atoms with Crippen LogP contribution in [0.1, 0.15) is 44.9 Å². The summed E-state index contributed by atoms with van der Waals surface area (Å²) in [6, 6.07) is -0.674. The van der Waals surface area contributed by atoms with Gasteiger partial charge in [0.25, 0.3) is 0 Å². The minimum atomic E-state index is -3.53. The van der Waals surface area contributed by atoms with Crippen LogP contribution in [0.15, 0.2) is 0 Å². The highest BCUT2D eigenvalue weighted by Crippen LogP contribution is 2.42. The Hall–Kier alpha value is -0.950. The van der Waals surface area contributed by atoms with E-state index in [0.717, 1.165) is 19.3 Å². The Balaban J connectivity index is 2.14. The van der Waals surface area contributed by atoms with Crippen molar-refractivity contribution >= 4 is 19.5 Å². The SMILES string of the molecule is C[N+](C)(C)CCOP(=O)(O)CCCCCCC(=O)N1CCCC1C(=O)O. The Labute approximate surface area is 156 Å². The molecule has 2 atom stereocenters. The van der Waals surface area contributed by atoms with E-state index in [1.807, 2.05) is 21.1 Å². The lowest BCUT2D eigenvalue weighted by Crippen LogP contribution is -2.40. The molecule has 0 aromatic rings. The van der Waals surface area contributed by atoms with Gasteiger partial charge in [-0.1, -0.05) is 12.8 Å². The van der Waals surface area contributed by atoms with Crippen LogP contribution >= 0.6 is 7.60 Å². The van der Waals surface area contributed by atoms with E-state index in [1.165, 1.54) is 4.90 Å². The van der Waals surface area contributed by atoms with Crippen molar-refractivity contribution in [3.63, 3.8) is 0 Å². The van der Waals surface area contributed by atoms with E-state index in [4.69, 9.17) is 9.63 Å². The number of carbonyl (C=O) groups is 2. The summed E-state index contributed by atoms with van der Waals surface area (Å²) < 4.78 is 17.7.